The third-order valence-electron chi connectivity index (χ3n) is 3.16. The number of rotatable bonds is 1. The number of hydrogen-bond acceptors (Lipinski definition) is 2. The lowest BCUT2D eigenvalue weighted by Gasteiger charge is -2.17. The first-order valence-electron chi connectivity index (χ1n) is 5.51. The molecule has 3 rings (SSSR count). The molecule has 0 N–H and O–H groups in total. The van der Waals surface area contributed by atoms with Gasteiger partial charge in [0, 0.05) is 31.7 Å². The summed E-state index contributed by atoms with van der Waals surface area (Å²) in [6.45, 7) is 4.58. The molecule has 15 heavy (non-hydrogen) atoms. The van der Waals surface area contributed by atoms with E-state index in [-0.39, 0.29) is 0 Å². The highest BCUT2D eigenvalue weighted by Gasteiger charge is 2.21. The third-order valence-corrected chi connectivity index (χ3v) is 3.16. The summed E-state index contributed by atoms with van der Waals surface area (Å²) in [7, 11) is 0. The SMILES string of the molecule is C[C@H]1CCN(c2nccn3cccc23)C1. The number of nitrogens with zero attached hydrogens (tertiary/aromatic N) is 3. The van der Waals surface area contributed by atoms with Crippen molar-refractivity contribution in [2.75, 3.05) is 18.0 Å². The van der Waals surface area contributed by atoms with Crippen molar-refractivity contribution >= 4 is 11.3 Å². The Kier molecular flexibility index (Phi) is 1.91. The van der Waals surface area contributed by atoms with Gasteiger partial charge in [-0.3, -0.25) is 0 Å². The molecule has 0 amide bonds. The number of aromatic nitrogens is 2. The van der Waals surface area contributed by atoms with E-state index in [9.17, 15) is 0 Å². The van der Waals surface area contributed by atoms with Crippen LogP contribution in [0.3, 0.4) is 0 Å². The molecule has 0 aliphatic carbocycles. The van der Waals surface area contributed by atoms with Crippen molar-refractivity contribution in [2.45, 2.75) is 13.3 Å². The van der Waals surface area contributed by atoms with E-state index in [1.807, 2.05) is 12.4 Å². The Morgan fingerprint density at radius 1 is 1.40 bits per heavy atom. The normalized spacial score (nSPS) is 21.4. The molecule has 1 fully saturated rings. The Morgan fingerprint density at radius 2 is 2.33 bits per heavy atom. The maximum Gasteiger partial charge on any atom is 0.152 e. The van der Waals surface area contributed by atoms with Crippen molar-refractivity contribution < 1.29 is 0 Å². The Morgan fingerprint density at radius 3 is 3.13 bits per heavy atom. The van der Waals surface area contributed by atoms with Crippen molar-refractivity contribution in [3.63, 3.8) is 0 Å². The number of anilines is 1. The van der Waals surface area contributed by atoms with Crippen LogP contribution in [0.5, 0.6) is 0 Å². The lowest BCUT2D eigenvalue weighted by atomic mass is 10.2. The van der Waals surface area contributed by atoms with Gasteiger partial charge >= 0.3 is 0 Å². The van der Waals surface area contributed by atoms with Crippen LogP contribution in [0.4, 0.5) is 5.82 Å². The quantitative estimate of drug-likeness (QED) is 0.705. The van der Waals surface area contributed by atoms with Gasteiger partial charge in [0.05, 0.1) is 5.52 Å². The molecule has 1 saturated heterocycles. The van der Waals surface area contributed by atoms with Crippen molar-refractivity contribution in [3.8, 4) is 0 Å². The van der Waals surface area contributed by atoms with E-state index < -0.39 is 0 Å². The van der Waals surface area contributed by atoms with E-state index in [0.29, 0.717) is 0 Å². The molecule has 3 nitrogen and oxygen atoms in total. The highest BCUT2D eigenvalue weighted by molar-refractivity contribution is 5.69. The van der Waals surface area contributed by atoms with E-state index in [1.165, 1.54) is 11.9 Å². The van der Waals surface area contributed by atoms with Gasteiger partial charge in [-0.15, -0.1) is 0 Å². The molecule has 0 unspecified atom stereocenters. The van der Waals surface area contributed by atoms with E-state index in [1.54, 1.807) is 0 Å². The second-order valence-electron chi connectivity index (χ2n) is 4.39. The van der Waals surface area contributed by atoms with Gasteiger partial charge in [-0.2, -0.15) is 0 Å². The lowest BCUT2D eigenvalue weighted by Crippen LogP contribution is -2.20. The van der Waals surface area contributed by atoms with Crippen LogP contribution in [0.1, 0.15) is 13.3 Å². The highest BCUT2D eigenvalue weighted by Crippen LogP contribution is 2.25. The minimum absolute atomic E-state index is 0.794. The summed E-state index contributed by atoms with van der Waals surface area (Å²) in [5, 5.41) is 0. The largest absolute Gasteiger partial charge is 0.355 e. The zero-order valence-electron chi connectivity index (χ0n) is 8.93. The van der Waals surface area contributed by atoms with E-state index >= 15 is 0 Å². The first kappa shape index (κ1) is 8.77. The van der Waals surface area contributed by atoms with Crippen LogP contribution in [0.15, 0.2) is 30.7 Å². The fraction of sp³-hybridized carbons (Fsp3) is 0.417. The topological polar surface area (TPSA) is 20.5 Å². The highest BCUT2D eigenvalue weighted by atomic mass is 15.2. The average Bonchev–Trinajstić information content (AvgIpc) is 2.84. The second-order valence-corrected chi connectivity index (χ2v) is 4.39. The van der Waals surface area contributed by atoms with E-state index in [2.05, 4.69) is 39.5 Å². The fourth-order valence-electron chi connectivity index (χ4n) is 2.33. The standard InChI is InChI=1S/C12H15N3/c1-10-4-7-15(9-10)12-11-3-2-6-14(11)8-5-13-12/h2-3,5-6,8,10H,4,7,9H2,1H3/t10-/m0/s1. The maximum atomic E-state index is 4.50. The molecule has 0 spiro atoms. The lowest BCUT2D eigenvalue weighted by molar-refractivity contribution is 0.659. The van der Waals surface area contributed by atoms with Gasteiger partial charge in [0.2, 0.25) is 0 Å². The molecule has 1 aliphatic heterocycles. The summed E-state index contributed by atoms with van der Waals surface area (Å²) in [4.78, 5) is 6.89. The van der Waals surface area contributed by atoms with Gasteiger partial charge in [-0.25, -0.2) is 4.98 Å². The Balaban J connectivity index is 2.06. The predicted octanol–water partition coefficient (Wildman–Crippen LogP) is 2.18. The van der Waals surface area contributed by atoms with Gasteiger partial charge in [-0.05, 0) is 24.5 Å². The van der Waals surface area contributed by atoms with Crippen LogP contribution in [0, 0.1) is 5.92 Å². The van der Waals surface area contributed by atoms with Gasteiger partial charge < -0.3 is 9.30 Å². The molecule has 78 valence electrons. The predicted molar refractivity (Wildman–Crippen MR) is 61.2 cm³/mol. The fourth-order valence-corrected chi connectivity index (χ4v) is 2.33. The molecule has 0 saturated carbocycles. The summed E-state index contributed by atoms with van der Waals surface area (Å²) in [5.41, 5.74) is 1.21. The Labute approximate surface area is 89.3 Å². The van der Waals surface area contributed by atoms with Crippen molar-refractivity contribution in [1.29, 1.82) is 0 Å². The van der Waals surface area contributed by atoms with Crippen LogP contribution >= 0.6 is 0 Å². The minimum Gasteiger partial charge on any atom is -0.355 e. The molecule has 3 heteroatoms. The Hall–Kier alpha value is -1.51. The monoisotopic (exact) mass is 201 g/mol. The van der Waals surface area contributed by atoms with Crippen molar-refractivity contribution in [1.82, 2.24) is 9.38 Å². The smallest absolute Gasteiger partial charge is 0.152 e. The molecular formula is C12H15N3. The molecule has 3 heterocycles. The molecular weight excluding hydrogens is 186 g/mol. The van der Waals surface area contributed by atoms with Gasteiger partial charge in [0.15, 0.2) is 5.82 Å². The van der Waals surface area contributed by atoms with E-state index in [0.717, 1.165) is 24.8 Å². The molecule has 0 aromatic carbocycles. The Bertz CT molecular complexity index is 474. The maximum absolute atomic E-state index is 4.50. The van der Waals surface area contributed by atoms with E-state index in [4.69, 9.17) is 0 Å². The van der Waals surface area contributed by atoms with Crippen LogP contribution in [0.25, 0.3) is 5.52 Å². The average molecular weight is 201 g/mol. The summed E-state index contributed by atoms with van der Waals surface area (Å²) in [6.07, 6.45) is 7.23. The third kappa shape index (κ3) is 1.39. The zero-order valence-corrected chi connectivity index (χ0v) is 8.93. The number of fused-ring (bicyclic) bond motifs is 1. The summed E-state index contributed by atoms with van der Waals surface area (Å²) in [5.74, 6) is 1.92. The molecule has 0 radical (unpaired) electrons. The summed E-state index contributed by atoms with van der Waals surface area (Å²) >= 11 is 0. The molecule has 1 atom stereocenters. The van der Waals surface area contributed by atoms with Crippen molar-refractivity contribution in [3.05, 3.63) is 30.7 Å². The zero-order chi connectivity index (χ0) is 10.3. The van der Waals surface area contributed by atoms with Gasteiger partial charge in [0.25, 0.3) is 0 Å². The molecule has 2 aromatic heterocycles. The molecule has 0 bridgehead atoms. The van der Waals surface area contributed by atoms with Crippen LogP contribution in [-0.2, 0) is 0 Å². The molecule has 1 aliphatic rings. The first-order valence-corrected chi connectivity index (χ1v) is 5.51. The first-order chi connectivity index (χ1) is 7.34. The van der Waals surface area contributed by atoms with Crippen molar-refractivity contribution in [2.24, 2.45) is 5.92 Å². The summed E-state index contributed by atoms with van der Waals surface area (Å²) in [6, 6.07) is 4.20. The van der Waals surface area contributed by atoms with Gasteiger partial charge in [0.1, 0.15) is 0 Å². The summed E-state index contributed by atoms with van der Waals surface area (Å²) < 4.78 is 2.13. The second kappa shape index (κ2) is 3.26. The van der Waals surface area contributed by atoms with Crippen LogP contribution < -0.4 is 4.90 Å². The van der Waals surface area contributed by atoms with Crippen LogP contribution in [0.2, 0.25) is 0 Å². The molecule has 2 aromatic rings. The van der Waals surface area contributed by atoms with Crippen LogP contribution in [-0.4, -0.2) is 22.5 Å². The van der Waals surface area contributed by atoms with Gasteiger partial charge in [-0.1, -0.05) is 6.92 Å². The number of hydrogen-bond donors (Lipinski definition) is 0. The minimum atomic E-state index is 0.794.